The van der Waals surface area contributed by atoms with Gasteiger partial charge in [-0.05, 0) is 25.6 Å². The maximum atomic E-state index is 13.0. The number of nitrogens with one attached hydrogen (secondary N) is 3. The quantitative estimate of drug-likeness (QED) is 0.179. The third kappa shape index (κ3) is 7.79. The van der Waals surface area contributed by atoms with E-state index < -0.39 is 35.6 Å². The molecule has 1 unspecified atom stereocenters. The first kappa shape index (κ1) is 28.2. The van der Waals surface area contributed by atoms with Crippen LogP contribution in [0.2, 0.25) is 0 Å². The molecule has 0 radical (unpaired) electrons. The Labute approximate surface area is 214 Å². The van der Waals surface area contributed by atoms with E-state index in [-0.39, 0.29) is 49.5 Å². The summed E-state index contributed by atoms with van der Waals surface area (Å²) < 4.78 is 21.6. The fourth-order valence-corrected chi connectivity index (χ4v) is 3.78. The maximum Gasteiger partial charge on any atom is 0.266 e. The molecule has 1 fully saturated rings. The van der Waals surface area contributed by atoms with Crippen LogP contribution in [0, 0.1) is 0 Å². The van der Waals surface area contributed by atoms with Crippen molar-refractivity contribution < 1.29 is 42.9 Å². The third-order valence-electron chi connectivity index (χ3n) is 5.60. The highest BCUT2D eigenvalue weighted by molar-refractivity contribution is 6.24. The van der Waals surface area contributed by atoms with Crippen molar-refractivity contribution in [3.63, 3.8) is 0 Å². The fourth-order valence-electron chi connectivity index (χ4n) is 3.78. The normalized spacial score (nSPS) is 17.1. The molecule has 37 heavy (non-hydrogen) atoms. The van der Waals surface area contributed by atoms with Crippen LogP contribution in [-0.4, -0.2) is 107 Å². The van der Waals surface area contributed by atoms with Crippen molar-refractivity contribution >= 4 is 29.5 Å². The van der Waals surface area contributed by atoms with Gasteiger partial charge in [0.2, 0.25) is 11.8 Å². The number of ether oxygens (including phenoxy) is 4. The number of piperidine rings is 1. The van der Waals surface area contributed by atoms with E-state index in [2.05, 4.69) is 16.0 Å². The van der Waals surface area contributed by atoms with Crippen molar-refractivity contribution in [1.29, 1.82) is 0 Å². The molecule has 3 rings (SSSR count). The number of amides is 5. The van der Waals surface area contributed by atoms with Gasteiger partial charge in [0.05, 0.1) is 50.8 Å². The number of rotatable bonds is 16. The van der Waals surface area contributed by atoms with Crippen molar-refractivity contribution in [2.75, 3.05) is 66.4 Å². The zero-order valence-corrected chi connectivity index (χ0v) is 20.7. The Morgan fingerprint density at radius 2 is 1.65 bits per heavy atom. The number of fused-ring (bicyclic) bond motifs is 1. The van der Waals surface area contributed by atoms with Crippen LogP contribution in [0.25, 0.3) is 0 Å². The van der Waals surface area contributed by atoms with E-state index in [4.69, 9.17) is 18.9 Å². The number of carbonyl (C=O) groups excluding carboxylic acids is 5. The molecule has 13 heteroatoms. The summed E-state index contributed by atoms with van der Waals surface area (Å²) in [5, 5.41) is 7.76. The minimum absolute atomic E-state index is 0.0132. The van der Waals surface area contributed by atoms with Crippen molar-refractivity contribution in [1.82, 2.24) is 20.9 Å². The summed E-state index contributed by atoms with van der Waals surface area (Å²) in [5.74, 6) is -2.87. The second-order valence-corrected chi connectivity index (χ2v) is 8.21. The van der Waals surface area contributed by atoms with Gasteiger partial charge in [0.1, 0.15) is 11.8 Å². The lowest BCUT2D eigenvalue weighted by Gasteiger charge is -2.27. The van der Waals surface area contributed by atoms with Crippen LogP contribution in [0.3, 0.4) is 0 Å². The van der Waals surface area contributed by atoms with E-state index in [9.17, 15) is 24.0 Å². The molecule has 1 atom stereocenters. The van der Waals surface area contributed by atoms with Crippen LogP contribution in [0.1, 0.15) is 33.6 Å². The minimum atomic E-state index is -1.08. The van der Waals surface area contributed by atoms with Gasteiger partial charge in [0.15, 0.2) is 6.61 Å². The molecule has 0 aliphatic carbocycles. The van der Waals surface area contributed by atoms with E-state index in [1.165, 1.54) is 18.2 Å². The van der Waals surface area contributed by atoms with Crippen LogP contribution in [0.15, 0.2) is 18.2 Å². The highest BCUT2D eigenvalue weighted by Crippen LogP contribution is 2.33. The molecule has 5 amide bonds. The summed E-state index contributed by atoms with van der Waals surface area (Å²) in [4.78, 5) is 62.5. The number of nitrogens with zero attached hydrogens (tertiary/aromatic N) is 1. The predicted molar refractivity (Wildman–Crippen MR) is 128 cm³/mol. The Morgan fingerprint density at radius 3 is 2.32 bits per heavy atom. The summed E-state index contributed by atoms with van der Waals surface area (Å²) in [6.07, 6.45) is 0.0740. The molecule has 2 aliphatic heterocycles. The van der Waals surface area contributed by atoms with Crippen LogP contribution >= 0.6 is 0 Å². The maximum absolute atomic E-state index is 13.0. The van der Waals surface area contributed by atoms with Crippen molar-refractivity contribution in [3.8, 4) is 5.75 Å². The van der Waals surface area contributed by atoms with Gasteiger partial charge in [-0.3, -0.25) is 34.2 Å². The van der Waals surface area contributed by atoms with Crippen LogP contribution in [0.4, 0.5) is 0 Å². The monoisotopic (exact) mass is 520 g/mol. The first-order valence-corrected chi connectivity index (χ1v) is 12.1. The van der Waals surface area contributed by atoms with Crippen LogP contribution < -0.4 is 20.7 Å². The summed E-state index contributed by atoms with van der Waals surface area (Å²) >= 11 is 0. The highest BCUT2D eigenvalue weighted by atomic mass is 16.5. The summed E-state index contributed by atoms with van der Waals surface area (Å²) in [6.45, 7) is 3.34. The minimum Gasteiger partial charge on any atom is -0.483 e. The third-order valence-corrected chi connectivity index (χ3v) is 5.60. The van der Waals surface area contributed by atoms with Crippen LogP contribution in [-0.2, 0) is 28.6 Å². The van der Waals surface area contributed by atoms with Crippen molar-refractivity contribution in [2.45, 2.75) is 18.9 Å². The van der Waals surface area contributed by atoms with Gasteiger partial charge in [0, 0.05) is 19.5 Å². The Hall–Kier alpha value is -3.39. The number of imide groups is 2. The number of hydrogen-bond donors (Lipinski definition) is 3. The lowest BCUT2D eigenvalue weighted by atomic mass is 10.0. The second kappa shape index (κ2) is 14.4. The molecular formula is C24H32N4O9. The number of likely N-dealkylation sites (N-methyl/N-ethyl adjacent to an activating group) is 1. The van der Waals surface area contributed by atoms with Crippen molar-refractivity contribution in [2.24, 2.45) is 0 Å². The van der Waals surface area contributed by atoms with E-state index in [0.717, 1.165) is 11.4 Å². The number of carbonyl (C=O) groups is 5. The molecular weight excluding hydrogens is 488 g/mol. The molecule has 1 saturated heterocycles. The molecule has 0 saturated carbocycles. The lowest BCUT2D eigenvalue weighted by Crippen LogP contribution is -2.54. The van der Waals surface area contributed by atoms with Gasteiger partial charge in [-0.25, -0.2) is 0 Å². The van der Waals surface area contributed by atoms with Gasteiger partial charge in [0.25, 0.3) is 17.7 Å². The molecule has 3 N–H and O–H groups in total. The largest absolute Gasteiger partial charge is 0.483 e. The van der Waals surface area contributed by atoms with Gasteiger partial charge in [-0.2, -0.15) is 0 Å². The average molecular weight is 521 g/mol. The topological polar surface area (TPSA) is 162 Å². The van der Waals surface area contributed by atoms with Gasteiger partial charge in [-0.15, -0.1) is 0 Å². The van der Waals surface area contributed by atoms with E-state index in [0.29, 0.717) is 33.0 Å². The Balaban J connectivity index is 1.37. The summed E-state index contributed by atoms with van der Waals surface area (Å²) in [5.41, 5.74) is 0.0634. The van der Waals surface area contributed by atoms with E-state index in [1.54, 1.807) is 0 Å². The zero-order valence-electron chi connectivity index (χ0n) is 20.7. The predicted octanol–water partition coefficient (Wildman–Crippen LogP) is -1.15. The average Bonchev–Trinajstić information content (AvgIpc) is 3.13. The molecule has 0 aromatic heterocycles. The molecule has 202 valence electrons. The second-order valence-electron chi connectivity index (χ2n) is 8.21. The molecule has 13 nitrogen and oxygen atoms in total. The smallest absolute Gasteiger partial charge is 0.266 e. The first-order chi connectivity index (χ1) is 17.9. The van der Waals surface area contributed by atoms with Gasteiger partial charge in [-0.1, -0.05) is 6.07 Å². The SMILES string of the molecule is CNCCOCCOCCOCCNC(=O)COc1cccc2c1C(=O)N(C1CCC(=O)NC1=O)C2=O. The number of hydrogen-bond acceptors (Lipinski definition) is 10. The fraction of sp³-hybridized carbons (Fsp3) is 0.542. The first-order valence-electron chi connectivity index (χ1n) is 12.1. The van der Waals surface area contributed by atoms with Crippen molar-refractivity contribution in [3.05, 3.63) is 29.3 Å². The standard InChI is InChI=1S/C24H32N4O9/c1-25-7-9-34-11-13-36-14-12-35-10-8-26-20(30)15-37-18-4-2-3-16-21(18)24(33)28(23(16)32)17-5-6-19(29)27-22(17)31/h2-4,17,25H,5-15H2,1H3,(H,26,30)(H,27,29,31). The Morgan fingerprint density at radius 1 is 0.973 bits per heavy atom. The Bertz CT molecular complexity index is 1000. The highest BCUT2D eigenvalue weighted by Gasteiger charge is 2.46. The molecule has 1 aromatic carbocycles. The lowest BCUT2D eigenvalue weighted by molar-refractivity contribution is -0.136. The zero-order chi connectivity index (χ0) is 26.6. The summed E-state index contributed by atoms with van der Waals surface area (Å²) in [7, 11) is 1.85. The molecule has 1 aromatic rings. The van der Waals surface area contributed by atoms with Gasteiger partial charge >= 0.3 is 0 Å². The Kier molecular flexibility index (Phi) is 11.0. The van der Waals surface area contributed by atoms with E-state index in [1.807, 2.05) is 7.05 Å². The molecule has 2 heterocycles. The van der Waals surface area contributed by atoms with E-state index >= 15 is 0 Å². The summed E-state index contributed by atoms with van der Waals surface area (Å²) in [6, 6.07) is 3.37. The number of benzene rings is 1. The van der Waals surface area contributed by atoms with Gasteiger partial charge < -0.3 is 29.6 Å². The van der Waals surface area contributed by atoms with Crippen LogP contribution in [0.5, 0.6) is 5.75 Å². The molecule has 2 aliphatic rings. The molecule has 0 bridgehead atoms. The molecule has 0 spiro atoms.